The SMILES string of the molecule is CC(C)CC(NC(=O)c1csc(-c2cccnc2)n1)C(=O)N1CCC2OCC(=O)[C@H]21. The molecule has 4 heterocycles. The largest absolute Gasteiger partial charge is 0.368 e. The van der Waals surface area contributed by atoms with Gasteiger partial charge in [-0.15, -0.1) is 11.3 Å². The predicted molar refractivity (Wildman–Crippen MR) is 111 cm³/mol. The van der Waals surface area contributed by atoms with Gasteiger partial charge in [-0.05, 0) is 30.9 Å². The predicted octanol–water partition coefficient (Wildman–Crippen LogP) is 1.92. The number of amides is 2. The molecule has 0 radical (unpaired) electrons. The van der Waals surface area contributed by atoms with Crippen molar-refractivity contribution in [2.75, 3.05) is 13.2 Å². The van der Waals surface area contributed by atoms with E-state index in [1.54, 1.807) is 22.7 Å². The first-order valence-electron chi connectivity index (χ1n) is 10.1. The number of hydrogen-bond acceptors (Lipinski definition) is 7. The van der Waals surface area contributed by atoms with Gasteiger partial charge >= 0.3 is 0 Å². The maximum Gasteiger partial charge on any atom is 0.271 e. The summed E-state index contributed by atoms with van der Waals surface area (Å²) in [6.45, 7) is 4.50. The number of thiazole rings is 1. The number of pyridine rings is 1. The van der Waals surface area contributed by atoms with Crippen molar-refractivity contribution in [2.45, 2.75) is 44.9 Å². The van der Waals surface area contributed by atoms with Crippen molar-refractivity contribution in [3.63, 3.8) is 0 Å². The van der Waals surface area contributed by atoms with Gasteiger partial charge in [-0.1, -0.05) is 13.8 Å². The van der Waals surface area contributed by atoms with Gasteiger partial charge < -0.3 is 15.0 Å². The van der Waals surface area contributed by atoms with Gasteiger partial charge in [0.05, 0.1) is 6.10 Å². The number of rotatable bonds is 6. The van der Waals surface area contributed by atoms with Gasteiger partial charge in [0, 0.05) is 29.9 Å². The lowest BCUT2D eigenvalue weighted by Crippen LogP contribution is -2.52. The van der Waals surface area contributed by atoms with E-state index in [-0.39, 0.29) is 36.0 Å². The Balaban J connectivity index is 1.49. The number of Topliss-reactive ketones (excluding diaryl/α,β-unsaturated/α-hetero) is 1. The summed E-state index contributed by atoms with van der Waals surface area (Å²) >= 11 is 1.35. The van der Waals surface area contributed by atoms with Crippen molar-refractivity contribution in [1.82, 2.24) is 20.2 Å². The Morgan fingerprint density at radius 1 is 1.40 bits per heavy atom. The summed E-state index contributed by atoms with van der Waals surface area (Å²) in [7, 11) is 0. The molecule has 0 aromatic carbocycles. The minimum absolute atomic E-state index is 0.0518. The molecule has 2 amide bonds. The fourth-order valence-electron chi connectivity index (χ4n) is 3.97. The van der Waals surface area contributed by atoms with Crippen LogP contribution >= 0.6 is 11.3 Å². The summed E-state index contributed by atoms with van der Waals surface area (Å²) in [6.07, 6.45) is 4.27. The molecular formula is C21H24N4O4S. The Morgan fingerprint density at radius 2 is 2.23 bits per heavy atom. The molecule has 0 saturated carbocycles. The summed E-state index contributed by atoms with van der Waals surface area (Å²) in [6, 6.07) is 2.45. The zero-order valence-electron chi connectivity index (χ0n) is 16.9. The third-order valence-electron chi connectivity index (χ3n) is 5.35. The van der Waals surface area contributed by atoms with Crippen LogP contribution in [0.15, 0.2) is 29.9 Å². The van der Waals surface area contributed by atoms with Crippen molar-refractivity contribution >= 4 is 28.9 Å². The maximum atomic E-state index is 13.2. The molecule has 2 aromatic heterocycles. The summed E-state index contributed by atoms with van der Waals surface area (Å²) in [5.74, 6) is -0.507. The van der Waals surface area contributed by atoms with Crippen LogP contribution in [0, 0.1) is 5.92 Å². The third-order valence-corrected chi connectivity index (χ3v) is 6.24. The van der Waals surface area contributed by atoms with Crippen molar-refractivity contribution in [1.29, 1.82) is 0 Å². The molecule has 8 nitrogen and oxygen atoms in total. The van der Waals surface area contributed by atoms with Gasteiger partial charge in [-0.3, -0.25) is 19.4 Å². The smallest absolute Gasteiger partial charge is 0.271 e. The van der Waals surface area contributed by atoms with Crippen LogP contribution < -0.4 is 5.32 Å². The number of ketones is 1. The Kier molecular flexibility index (Phi) is 5.92. The fraction of sp³-hybridized carbons (Fsp3) is 0.476. The van der Waals surface area contributed by atoms with Crippen LogP contribution in [0.2, 0.25) is 0 Å². The quantitative estimate of drug-likeness (QED) is 0.754. The van der Waals surface area contributed by atoms with Crippen molar-refractivity contribution in [2.24, 2.45) is 5.92 Å². The van der Waals surface area contributed by atoms with E-state index >= 15 is 0 Å². The molecule has 2 aliphatic heterocycles. The zero-order chi connectivity index (χ0) is 21.3. The van der Waals surface area contributed by atoms with Crippen LogP contribution in [0.25, 0.3) is 10.6 Å². The third kappa shape index (κ3) is 4.13. The summed E-state index contributed by atoms with van der Waals surface area (Å²) < 4.78 is 5.48. The number of carbonyl (C=O) groups is 3. The zero-order valence-corrected chi connectivity index (χ0v) is 17.7. The van der Waals surface area contributed by atoms with Gasteiger partial charge in [-0.2, -0.15) is 0 Å². The van der Waals surface area contributed by atoms with E-state index in [0.29, 0.717) is 24.4 Å². The topological polar surface area (TPSA) is 101 Å². The summed E-state index contributed by atoms with van der Waals surface area (Å²) in [5.41, 5.74) is 1.10. The minimum Gasteiger partial charge on any atom is -0.368 e. The highest BCUT2D eigenvalue weighted by Gasteiger charge is 2.48. The summed E-state index contributed by atoms with van der Waals surface area (Å²) in [4.78, 5) is 48.3. The fourth-order valence-corrected chi connectivity index (χ4v) is 4.76. The molecule has 1 N–H and O–H groups in total. The summed E-state index contributed by atoms with van der Waals surface area (Å²) in [5, 5.41) is 5.21. The second kappa shape index (κ2) is 8.61. The number of fused-ring (bicyclic) bond motifs is 1. The molecule has 0 bridgehead atoms. The highest BCUT2D eigenvalue weighted by Crippen LogP contribution is 2.28. The molecule has 4 rings (SSSR count). The Morgan fingerprint density at radius 3 is 2.97 bits per heavy atom. The lowest BCUT2D eigenvalue weighted by Gasteiger charge is -2.28. The van der Waals surface area contributed by atoms with Crippen LogP contribution in [0.3, 0.4) is 0 Å². The van der Waals surface area contributed by atoms with E-state index in [0.717, 1.165) is 5.56 Å². The molecule has 158 valence electrons. The normalized spacial score (nSPS) is 21.7. The molecule has 2 saturated heterocycles. The molecule has 9 heteroatoms. The van der Waals surface area contributed by atoms with Crippen molar-refractivity contribution < 1.29 is 19.1 Å². The minimum atomic E-state index is -0.715. The first kappa shape index (κ1) is 20.6. The van der Waals surface area contributed by atoms with E-state index in [9.17, 15) is 14.4 Å². The van der Waals surface area contributed by atoms with Gasteiger partial charge in [0.15, 0.2) is 5.78 Å². The van der Waals surface area contributed by atoms with Gasteiger partial charge in [0.2, 0.25) is 5.91 Å². The first-order chi connectivity index (χ1) is 14.4. The molecule has 30 heavy (non-hydrogen) atoms. The van der Waals surface area contributed by atoms with Crippen molar-refractivity contribution in [3.05, 3.63) is 35.6 Å². The van der Waals surface area contributed by atoms with Crippen molar-refractivity contribution in [3.8, 4) is 10.6 Å². The number of nitrogens with one attached hydrogen (secondary N) is 1. The Bertz CT molecular complexity index is 945. The molecule has 2 unspecified atom stereocenters. The van der Waals surface area contributed by atoms with Gasteiger partial charge in [0.25, 0.3) is 5.91 Å². The van der Waals surface area contributed by atoms with Crippen LogP contribution in [0.5, 0.6) is 0 Å². The lowest BCUT2D eigenvalue weighted by molar-refractivity contribution is -0.138. The number of aromatic nitrogens is 2. The maximum absolute atomic E-state index is 13.2. The van der Waals surface area contributed by atoms with Gasteiger partial charge in [0.1, 0.15) is 29.4 Å². The highest BCUT2D eigenvalue weighted by atomic mass is 32.1. The van der Waals surface area contributed by atoms with E-state index in [2.05, 4.69) is 15.3 Å². The average molecular weight is 429 g/mol. The average Bonchev–Trinajstić information content (AvgIpc) is 3.45. The van der Waals surface area contributed by atoms with Crippen LogP contribution in [-0.4, -0.2) is 63.8 Å². The number of ether oxygens (including phenoxy) is 1. The first-order valence-corrected chi connectivity index (χ1v) is 10.9. The van der Waals surface area contributed by atoms with Crippen LogP contribution in [-0.2, 0) is 14.3 Å². The highest BCUT2D eigenvalue weighted by molar-refractivity contribution is 7.13. The molecule has 2 aliphatic rings. The Hall–Kier alpha value is -2.65. The molecule has 0 spiro atoms. The molecule has 0 aliphatic carbocycles. The van der Waals surface area contributed by atoms with E-state index in [4.69, 9.17) is 4.74 Å². The number of carbonyl (C=O) groups excluding carboxylic acids is 3. The van der Waals surface area contributed by atoms with E-state index < -0.39 is 18.0 Å². The second-order valence-electron chi connectivity index (χ2n) is 8.02. The van der Waals surface area contributed by atoms with Crippen LogP contribution in [0.1, 0.15) is 37.2 Å². The molecule has 2 aromatic rings. The number of likely N-dealkylation sites (tertiary alicyclic amines) is 1. The standard InChI is InChI=1S/C21H24N4O4S/c1-12(2)8-14(21(28)25-7-5-17-18(25)16(26)10-29-17)23-19(27)15-11-30-20(24-15)13-4-3-6-22-9-13/h3-4,6,9,11-12,14,17-18H,5,7-8,10H2,1-2H3,(H,23,27)/t14?,17?,18-/m1/s1. The number of hydrogen-bond donors (Lipinski definition) is 1. The van der Waals surface area contributed by atoms with E-state index in [1.165, 1.54) is 11.3 Å². The molecule has 3 atom stereocenters. The van der Waals surface area contributed by atoms with Gasteiger partial charge in [-0.25, -0.2) is 4.98 Å². The number of nitrogens with zero attached hydrogens (tertiary/aromatic N) is 3. The van der Waals surface area contributed by atoms with E-state index in [1.807, 2.05) is 26.0 Å². The lowest BCUT2D eigenvalue weighted by atomic mass is 10.0. The van der Waals surface area contributed by atoms with Crippen LogP contribution in [0.4, 0.5) is 0 Å². The molecule has 2 fully saturated rings. The Labute approximate surface area is 178 Å². The molecular weight excluding hydrogens is 404 g/mol. The monoisotopic (exact) mass is 428 g/mol. The second-order valence-corrected chi connectivity index (χ2v) is 8.87.